The van der Waals surface area contributed by atoms with Crippen LogP contribution in [0.25, 0.3) is 10.4 Å². The molecule has 0 amide bonds. The third-order valence-corrected chi connectivity index (χ3v) is 5.87. The number of carbonyl (C=O) groups excluding carboxylic acids is 1. The van der Waals surface area contributed by atoms with E-state index in [0.717, 1.165) is 16.5 Å². The number of halogens is 3. The Balaban J connectivity index is 1.58. The summed E-state index contributed by atoms with van der Waals surface area (Å²) >= 11 is 6.68. The second kappa shape index (κ2) is 10.1. The van der Waals surface area contributed by atoms with Gasteiger partial charge in [0.05, 0.1) is 12.7 Å². The number of methoxy groups -OCH3 is 1. The van der Waals surface area contributed by atoms with Crippen molar-refractivity contribution in [3.63, 3.8) is 0 Å². The fourth-order valence-electron chi connectivity index (χ4n) is 2.94. The number of hydrogen-bond acceptors (Lipinski definition) is 5. The molecular weight excluding hydrogens is 461 g/mol. The lowest BCUT2D eigenvalue weighted by atomic mass is 10.1. The van der Waals surface area contributed by atoms with Crippen LogP contribution in [0.3, 0.4) is 0 Å². The van der Waals surface area contributed by atoms with Gasteiger partial charge in [-0.25, -0.2) is 4.79 Å². The third-order valence-electron chi connectivity index (χ3n) is 4.53. The Morgan fingerprint density at radius 1 is 1.25 bits per heavy atom. The maximum absolute atomic E-state index is 12.8. The third kappa shape index (κ3) is 5.86. The van der Waals surface area contributed by atoms with Gasteiger partial charge in [-0.3, -0.25) is 4.68 Å². The number of nitrogens with zero attached hydrogens (tertiary/aromatic N) is 2. The van der Waals surface area contributed by atoms with Crippen LogP contribution in [-0.2, 0) is 17.5 Å². The number of thiophene rings is 1. The van der Waals surface area contributed by atoms with Crippen LogP contribution in [0.2, 0.25) is 0 Å². The normalized spacial score (nSPS) is 11.3. The zero-order valence-electron chi connectivity index (χ0n) is 17.3. The number of aromatic nitrogens is 2. The average molecular weight is 483 g/mol. The maximum atomic E-state index is 12.8. The van der Waals surface area contributed by atoms with Gasteiger partial charge in [0.2, 0.25) is 0 Å². The minimum absolute atomic E-state index is 0.296. The topological polar surface area (TPSA) is 68.2 Å². The highest BCUT2D eigenvalue weighted by atomic mass is 32.1. The monoisotopic (exact) mass is 482 g/mol. The quantitative estimate of drug-likeness (QED) is 0.277. The molecule has 0 radical (unpaired) electrons. The predicted octanol–water partition coefficient (Wildman–Crippen LogP) is 5.10. The van der Waals surface area contributed by atoms with Gasteiger partial charge in [0, 0.05) is 23.7 Å². The molecule has 0 aliphatic heterocycles. The second-order valence-electron chi connectivity index (χ2n) is 6.84. The Morgan fingerprint density at radius 3 is 2.59 bits per heavy atom. The smallest absolute Gasteiger partial charge is 0.435 e. The molecule has 1 aromatic carbocycles. The fourth-order valence-corrected chi connectivity index (χ4v) is 4.27. The largest absolute Gasteiger partial charge is 0.465 e. The van der Waals surface area contributed by atoms with E-state index in [0.29, 0.717) is 40.9 Å². The summed E-state index contributed by atoms with van der Waals surface area (Å²) in [7, 11) is 1.31. The molecule has 3 rings (SSSR count). The van der Waals surface area contributed by atoms with E-state index in [-0.39, 0.29) is 0 Å². The second-order valence-corrected chi connectivity index (χ2v) is 8.30. The van der Waals surface area contributed by atoms with Crippen LogP contribution in [0, 0.1) is 6.92 Å². The summed E-state index contributed by atoms with van der Waals surface area (Å²) in [6.07, 6.45) is -3.96. The number of anilines is 1. The van der Waals surface area contributed by atoms with Crippen molar-refractivity contribution < 1.29 is 22.7 Å². The van der Waals surface area contributed by atoms with Gasteiger partial charge in [0.1, 0.15) is 5.00 Å². The molecule has 11 heteroatoms. The summed E-state index contributed by atoms with van der Waals surface area (Å²) in [6.45, 7) is 2.30. The summed E-state index contributed by atoms with van der Waals surface area (Å²) in [5, 5.41) is 10.5. The van der Waals surface area contributed by atoms with Crippen LogP contribution in [-0.4, -0.2) is 34.5 Å². The molecule has 0 aliphatic rings. The zero-order valence-corrected chi connectivity index (χ0v) is 19.0. The Labute approximate surface area is 192 Å². The summed E-state index contributed by atoms with van der Waals surface area (Å²) in [5.41, 5.74) is 0.866. The summed E-state index contributed by atoms with van der Waals surface area (Å²) in [6, 6.07) is 12.4. The zero-order chi connectivity index (χ0) is 23.3. The van der Waals surface area contributed by atoms with E-state index >= 15 is 0 Å². The Bertz CT molecular complexity index is 1090. The van der Waals surface area contributed by atoms with E-state index < -0.39 is 17.8 Å². The Kier molecular flexibility index (Phi) is 7.52. The van der Waals surface area contributed by atoms with Crippen LogP contribution >= 0.6 is 23.6 Å². The first kappa shape index (κ1) is 23.7. The van der Waals surface area contributed by atoms with Crippen molar-refractivity contribution in [2.75, 3.05) is 19.0 Å². The minimum Gasteiger partial charge on any atom is -0.465 e. The van der Waals surface area contributed by atoms with Crippen molar-refractivity contribution in [2.24, 2.45) is 0 Å². The van der Waals surface area contributed by atoms with Crippen LogP contribution < -0.4 is 10.6 Å². The number of ether oxygens (including phenoxy) is 1. The van der Waals surface area contributed by atoms with Gasteiger partial charge in [0.15, 0.2) is 10.8 Å². The molecule has 0 bridgehead atoms. The number of thiocarbonyl (C=S) groups is 1. The predicted molar refractivity (Wildman–Crippen MR) is 122 cm³/mol. The number of alkyl halides is 3. The van der Waals surface area contributed by atoms with E-state index in [1.54, 1.807) is 13.0 Å². The van der Waals surface area contributed by atoms with Gasteiger partial charge in [-0.1, -0.05) is 30.3 Å². The molecule has 0 fully saturated rings. The number of esters is 1. The van der Waals surface area contributed by atoms with Gasteiger partial charge >= 0.3 is 12.1 Å². The SMILES string of the molecule is COC(=O)c1cc(-c2ccccc2)sc1NC(=S)NCCCn1nc(C(F)(F)F)cc1C. The average Bonchev–Trinajstić information content (AvgIpc) is 3.35. The Hall–Kier alpha value is -2.92. The summed E-state index contributed by atoms with van der Waals surface area (Å²) < 4.78 is 44.5. The summed E-state index contributed by atoms with van der Waals surface area (Å²) in [5.74, 6) is -0.483. The minimum atomic E-state index is -4.46. The first-order chi connectivity index (χ1) is 15.2. The van der Waals surface area contributed by atoms with Crippen LogP contribution in [0.1, 0.15) is 28.2 Å². The standard InChI is InChI=1S/C21H21F3N4O2S2/c1-13-11-17(21(22,23)24)27-28(13)10-6-9-25-20(31)26-18-15(19(29)30-2)12-16(32-18)14-7-4-3-5-8-14/h3-5,7-8,11-12H,6,9-10H2,1-2H3,(H2,25,26,31). The molecule has 0 spiro atoms. The molecular formula is C21H21F3N4O2S2. The molecule has 2 aromatic heterocycles. The van der Waals surface area contributed by atoms with Gasteiger partial charge < -0.3 is 15.4 Å². The molecule has 32 heavy (non-hydrogen) atoms. The van der Waals surface area contributed by atoms with E-state index in [2.05, 4.69) is 15.7 Å². The highest BCUT2D eigenvalue weighted by Crippen LogP contribution is 2.35. The van der Waals surface area contributed by atoms with E-state index in [1.165, 1.54) is 23.1 Å². The van der Waals surface area contributed by atoms with Gasteiger partial charge in [0.25, 0.3) is 0 Å². The molecule has 2 N–H and O–H groups in total. The number of aryl methyl sites for hydroxylation is 2. The van der Waals surface area contributed by atoms with Crippen molar-refractivity contribution in [1.82, 2.24) is 15.1 Å². The molecule has 6 nitrogen and oxygen atoms in total. The van der Waals surface area contributed by atoms with Crippen LogP contribution in [0.15, 0.2) is 42.5 Å². The highest BCUT2D eigenvalue weighted by Gasteiger charge is 2.34. The number of rotatable bonds is 7. The number of nitrogens with one attached hydrogen (secondary N) is 2. The first-order valence-corrected chi connectivity index (χ1v) is 10.9. The van der Waals surface area contributed by atoms with Gasteiger partial charge in [-0.15, -0.1) is 11.3 Å². The highest BCUT2D eigenvalue weighted by molar-refractivity contribution is 7.80. The maximum Gasteiger partial charge on any atom is 0.435 e. The molecule has 3 aromatic rings. The van der Waals surface area contributed by atoms with Crippen molar-refractivity contribution in [1.29, 1.82) is 0 Å². The summed E-state index contributed by atoms with van der Waals surface area (Å²) in [4.78, 5) is 13.1. The molecule has 0 aliphatic carbocycles. The van der Waals surface area contributed by atoms with Crippen molar-refractivity contribution in [2.45, 2.75) is 26.1 Å². The van der Waals surface area contributed by atoms with Crippen molar-refractivity contribution in [3.05, 3.63) is 59.4 Å². The lowest BCUT2D eigenvalue weighted by Crippen LogP contribution is -2.30. The molecule has 2 heterocycles. The van der Waals surface area contributed by atoms with Crippen LogP contribution in [0.4, 0.5) is 18.2 Å². The number of hydrogen-bond donors (Lipinski definition) is 2. The lowest BCUT2D eigenvalue weighted by Gasteiger charge is -2.11. The molecule has 0 unspecified atom stereocenters. The molecule has 0 atom stereocenters. The van der Waals surface area contributed by atoms with E-state index in [1.807, 2.05) is 30.3 Å². The Morgan fingerprint density at radius 2 is 1.97 bits per heavy atom. The number of carbonyl (C=O) groups is 1. The molecule has 170 valence electrons. The van der Waals surface area contributed by atoms with Gasteiger partial charge in [-0.2, -0.15) is 18.3 Å². The molecule has 0 saturated carbocycles. The molecule has 0 saturated heterocycles. The van der Waals surface area contributed by atoms with E-state index in [9.17, 15) is 18.0 Å². The number of benzene rings is 1. The van der Waals surface area contributed by atoms with Crippen molar-refractivity contribution >= 4 is 39.6 Å². The lowest BCUT2D eigenvalue weighted by molar-refractivity contribution is -0.141. The van der Waals surface area contributed by atoms with Gasteiger partial charge in [-0.05, 0) is 43.3 Å². The fraction of sp³-hybridized carbons (Fsp3) is 0.286. The first-order valence-electron chi connectivity index (χ1n) is 9.63. The van der Waals surface area contributed by atoms with Crippen molar-refractivity contribution in [3.8, 4) is 10.4 Å². The van der Waals surface area contributed by atoms with Crippen LogP contribution in [0.5, 0.6) is 0 Å². The van der Waals surface area contributed by atoms with E-state index in [4.69, 9.17) is 17.0 Å².